The Bertz CT molecular complexity index is 614. The Morgan fingerprint density at radius 2 is 2.24 bits per heavy atom. The Hall–Kier alpha value is -1.09. The number of aryl methyl sites for hydroxylation is 1. The summed E-state index contributed by atoms with van der Waals surface area (Å²) in [6.07, 6.45) is 1.86. The van der Waals surface area contributed by atoms with Gasteiger partial charge in [-0.15, -0.1) is 12.4 Å². The zero-order valence-electron chi connectivity index (χ0n) is 12.0. The molecule has 7 nitrogen and oxygen atoms in total. The lowest BCUT2D eigenvalue weighted by atomic mass is 10.2. The molecule has 1 aromatic rings. The van der Waals surface area contributed by atoms with E-state index in [0.717, 1.165) is 12.8 Å². The van der Waals surface area contributed by atoms with Gasteiger partial charge in [-0.3, -0.25) is 4.79 Å². The van der Waals surface area contributed by atoms with E-state index in [1.54, 1.807) is 4.90 Å². The SMILES string of the molecule is CNCC1CCCN1C(=O)c1cc(S(N)(=O)=O)c(C)o1.Cl. The number of rotatable bonds is 4. The van der Waals surface area contributed by atoms with Crippen LogP contribution in [0.1, 0.15) is 29.2 Å². The van der Waals surface area contributed by atoms with E-state index in [1.807, 2.05) is 7.05 Å². The average molecular weight is 338 g/mol. The fraction of sp³-hybridized carbons (Fsp3) is 0.583. The number of sulfonamides is 1. The Morgan fingerprint density at radius 1 is 1.57 bits per heavy atom. The molecule has 1 atom stereocenters. The van der Waals surface area contributed by atoms with E-state index in [0.29, 0.717) is 13.1 Å². The number of carbonyl (C=O) groups is 1. The van der Waals surface area contributed by atoms with Gasteiger partial charge >= 0.3 is 0 Å². The molecule has 0 radical (unpaired) electrons. The summed E-state index contributed by atoms with van der Waals surface area (Å²) in [4.78, 5) is 14.0. The van der Waals surface area contributed by atoms with Crippen LogP contribution in [0.4, 0.5) is 0 Å². The number of furan rings is 1. The molecule has 21 heavy (non-hydrogen) atoms. The van der Waals surface area contributed by atoms with Gasteiger partial charge in [-0.25, -0.2) is 13.6 Å². The van der Waals surface area contributed by atoms with Gasteiger partial charge in [0.1, 0.15) is 10.7 Å². The van der Waals surface area contributed by atoms with Crippen molar-refractivity contribution in [3.8, 4) is 0 Å². The Kier molecular flexibility index (Phi) is 5.80. The molecule has 1 aromatic heterocycles. The van der Waals surface area contributed by atoms with E-state index >= 15 is 0 Å². The summed E-state index contributed by atoms with van der Waals surface area (Å²) in [7, 11) is -2.04. The quantitative estimate of drug-likeness (QED) is 0.831. The number of primary sulfonamides is 1. The van der Waals surface area contributed by atoms with Gasteiger partial charge in [0, 0.05) is 25.2 Å². The molecule has 9 heteroatoms. The fourth-order valence-electron chi connectivity index (χ4n) is 2.55. The van der Waals surface area contributed by atoms with Gasteiger partial charge in [0.2, 0.25) is 10.0 Å². The standard InChI is InChI=1S/C12H19N3O4S.ClH/c1-8-11(20(13,17)18)6-10(19-8)12(16)15-5-3-4-9(15)7-14-2;/h6,9,14H,3-5,7H2,1-2H3,(H2,13,17,18);1H. The van der Waals surface area contributed by atoms with E-state index in [1.165, 1.54) is 13.0 Å². The number of nitrogens with one attached hydrogen (secondary N) is 1. The normalized spacial score (nSPS) is 18.6. The van der Waals surface area contributed by atoms with Crippen LogP contribution in [0.15, 0.2) is 15.4 Å². The van der Waals surface area contributed by atoms with Gasteiger partial charge < -0.3 is 14.6 Å². The number of amides is 1. The van der Waals surface area contributed by atoms with Crippen molar-refractivity contribution in [1.29, 1.82) is 0 Å². The number of nitrogens with two attached hydrogens (primary N) is 1. The molecule has 1 fully saturated rings. The summed E-state index contributed by atoms with van der Waals surface area (Å²) in [5, 5.41) is 8.12. The Morgan fingerprint density at radius 3 is 2.76 bits per heavy atom. The van der Waals surface area contributed by atoms with Gasteiger partial charge in [0.25, 0.3) is 5.91 Å². The van der Waals surface area contributed by atoms with Crippen molar-refractivity contribution in [3.05, 3.63) is 17.6 Å². The van der Waals surface area contributed by atoms with Gasteiger partial charge in [0.15, 0.2) is 5.76 Å². The van der Waals surface area contributed by atoms with E-state index in [9.17, 15) is 13.2 Å². The molecule has 1 aliphatic heterocycles. The van der Waals surface area contributed by atoms with Crippen molar-refractivity contribution in [3.63, 3.8) is 0 Å². The van der Waals surface area contributed by atoms with Gasteiger partial charge in [-0.2, -0.15) is 0 Å². The molecule has 1 aliphatic rings. The van der Waals surface area contributed by atoms with Crippen molar-refractivity contribution in [2.75, 3.05) is 20.1 Å². The molecule has 120 valence electrons. The molecule has 0 bridgehead atoms. The van der Waals surface area contributed by atoms with Crippen LogP contribution in [0, 0.1) is 6.92 Å². The molecular formula is C12H20ClN3O4S. The number of carbonyl (C=O) groups excluding carboxylic acids is 1. The number of hydrogen-bond acceptors (Lipinski definition) is 5. The van der Waals surface area contributed by atoms with Crippen LogP contribution < -0.4 is 10.5 Å². The molecule has 0 aromatic carbocycles. The second kappa shape index (κ2) is 6.78. The first-order valence-corrected chi connectivity index (χ1v) is 7.98. The minimum Gasteiger partial charge on any atom is -0.455 e. The van der Waals surface area contributed by atoms with Crippen molar-refractivity contribution >= 4 is 28.3 Å². The fourth-order valence-corrected chi connectivity index (χ4v) is 3.26. The first-order chi connectivity index (χ1) is 9.34. The van der Waals surface area contributed by atoms with Gasteiger partial charge in [0.05, 0.1) is 0 Å². The smallest absolute Gasteiger partial charge is 0.289 e. The molecule has 3 N–H and O–H groups in total. The number of nitrogens with zero attached hydrogens (tertiary/aromatic N) is 1. The van der Waals surface area contributed by atoms with Gasteiger partial charge in [-0.05, 0) is 26.8 Å². The zero-order valence-corrected chi connectivity index (χ0v) is 13.6. The van der Waals surface area contributed by atoms with Crippen LogP contribution in [0.2, 0.25) is 0 Å². The molecule has 1 unspecified atom stereocenters. The number of likely N-dealkylation sites (N-methyl/N-ethyl adjacent to an activating group) is 1. The lowest BCUT2D eigenvalue weighted by molar-refractivity contribution is 0.0703. The van der Waals surface area contributed by atoms with Crippen LogP contribution in [-0.2, 0) is 10.0 Å². The highest BCUT2D eigenvalue weighted by molar-refractivity contribution is 7.89. The maximum atomic E-state index is 12.4. The number of halogens is 1. The minimum atomic E-state index is -3.87. The lowest BCUT2D eigenvalue weighted by Gasteiger charge is -2.23. The highest BCUT2D eigenvalue weighted by atomic mass is 35.5. The highest BCUT2D eigenvalue weighted by Gasteiger charge is 2.31. The Balaban J connectivity index is 0.00000220. The van der Waals surface area contributed by atoms with Crippen LogP contribution >= 0.6 is 12.4 Å². The molecule has 2 rings (SSSR count). The predicted molar refractivity (Wildman–Crippen MR) is 80.1 cm³/mol. The minimum absolute atomic E-state index is 0. The van der Waals surface area contributed by atoms with E-state index in [2.05, 4.69) is 5.32 Å². The second-order valence-corrected chi connectivity index (χ2v) is 6.46. The van der Waals surface area contributed by atoms with E-state index < -0.39 is 10.0 Å². The summed E-state index contributed by atoms with van der Waals surface area (Å²) in [5.74, 6) is -0.129. The van der Waals surface area contributed by atoms with Crippen LogP contribution in [0.5, 0.6) is 0 Å². The van der Waals surface area contributed by atoms with Crippen LogP contribution in [0.25, 0.3) is 0 Å². The number of likely N-dealkylation sites (tertiary alicyclic amines) is 1. The van der Waals surface area contributed by atoms with Crippen molar-refractivity contribution < 1.29 is 17.6 Å². The van der Waals surface area contributed by atoms with Crippen molar-refractivity contribution in [1.82, 2.24) is 10.2 Å². The third-order valence-corrected chi connectivity index (χ3v) is 4.49. The maximum Gasteiger partial charge on any atom is 0.289 e. The summed E-state index contributed by atoms with van der Waals surface area (Å²) < 4.78 is 28.0. The third-order valence-electron chi connectivity index (χ3n) is 3.47. The molecular weight excluding hydrogens is 318 g/mol. The Labute approximate surface area is 130 Å². The van der Waals surface area contributed by atoms with Crippen molar-refractivity contribution in [2.45, 2.75) is 30.7 Å². The first kappa shape index (κ1) is 18.0. The molecule has 0 saturated carbocycles. The summed E-state index contributed by atoms with van der Waals surface area (Å²) in [5.41, 5.74) is 0. The molecule has 2 heterocycles. The molecule has 1 saturated heterocycles. The largest absolute Gasteiger partial charge is 0.455 e. The lowest BCUT2D eigenvalue weighted by Crippen LogP contribution is -2.40. The summed E-state index contributed by atoms with van der Waals surface area (Å²) >= 11 is 0. The van der Waals surface area contributed by atoms with Crippen LogP contribution in [-0.4, -0.2) is 45.4 Å². The highest BCUT2D eigenvalue weighted by Crippen LogP contribution is 2.24. The maximum absolute atomic E-state index is 12.4. The third kappa shape index (κ3) is 3.76. The zero-order chi connectivity index (χ0) is 14.9. The van der Waals surface area contributed by atoms with Crippen molar-refractivity contribution in [2.24, 2.45) is 5.14 Å². The average Bonchev–Trinajstić information content (AvgIpc) is 2.94. The number of hydrogen-bond donors (Lipinski definition) is 2. The topological polar surface area (TPSA) is 106 Å². The molecule has 0 spiro atoms. The molecule has 0 aliphatic carbocycles. The summed E-state index contributed by atoms with van der Waals surface area (Å²) in [6.45, 7) is 2.83. The summed E-state index contributed by atoms with van der Waals surface area (Å²) in [6, 6.07) is 1.32. The van der Waals surface area contributed by atoms with E-state index in [4.69, 9.17) is 9.56 Å². The predicted octanol–water partition coefficient (Wildman–Crippen LogP) is 0.481. The monoisotopic (exact) mass is 337 g/mol. The van der Waals surface area contributed by atoms with Gasteiger partial charge in [-0.1, -0.05) is 0 Å². The first-order valence-electron chi connectivity index (χ1n) is 6.43. The second-order valence-electron chi connectivity index (χ2n) is 4.93. The molecule has 1 amide bonds. The van der Waals surface area contributed by atoms with E-state index in [-0.39, 0.29) is 40.8 Å². The van der Waals surface area contributed by atoms with Crippen LogP contribution in [0.3, 0.4) is 0 Å².